The Hall–Kier alpha value is 0.400. The Bertz CT molecular complexity index is 279. The van der Waals surface area contributed by atoms with Crippen LogP contribution in [0.2, 0.25) is 0 Å². The standard InChI is InChI=1S/C8H5Br3/c9-4-3-6-5-7(10)1-2-8(6)11/h1-5H/b4-3-. The normalized spacial score (nSPS) is 10.8. The van der Waals surface area contributed by atoms with Crippen molar-refractivity contribution in [2.45, 2.75) is 0 Å². The minimum Gasteiger partial charge on any atom is -0.0595 e. The second kappa shape index (κ2) is 4.43. The van der Waals surface area contributed by atoms with Gasteiger partial charge in [-0.3, -0.25) is 0 Å². The van der Waals surface area contributed by atoms with Gasteiger partial charge in [-0.25, -0.2) is 0 Å². The first-order valence-corrected chi connectivity index (χ1v) is 5.46. The molecule has 0 radical (unpaired) electrons. The monoisotopic (exact) mass is 338 g/mol. The maximum atomic E-state index is 3.44. The van der Waals surface area contributed by atoms with E-state index in [2.05, 4.69) is 47.8 Å². The molecule has 0 fully saturated rings. The number of benzene rings is 1. The van der Waals surface area contributed by atoms with Crippen LogP contribution in [-0.4, -0.2) is 0 Å². The molecule has 0 bridgehead atoms. The highest BCUT2D eigenvalue weighted by molar-refractivity contribution is 9.11. The zero-order valence-electron chi connectivity index (χ0n) is 5.52. The Morgan fingerprint density at radius 1 is 1.18 bits per heavy atom. The molecule has 0 atom stereocenters. The second-order valence-corrected chi connectivity index (χ2v) is 4.26. The Morgan fingerprint density at radius 3 is 2.55 bits per heavy atom. The van der Waals surface area contributed by atoms with Gasteiger partial charge >= 0.3 is 0 Å². The summed E-state index contributed by atoms with van der Waals surface area (Å²) in [6.45, 7) is 0. The van der Waals surface area contributed by atoms with Gasteiger partial charge in [-0.2, -0.15) is 0 Å². The lowest BCUT2D eigenvalue weighted by Crippen LogP contribution is -1.74. The smallest absolute Gasteiger partial charge is 0.0248 e. The van der Waals surface area contributed by atoms with Crippen LogP contribution in [0.3, 0.4) is 0 Å². The highest BCUT2D eigenvalue weighted by Crippen LogP contribution is 2.22. The Labute approximate surface area is 91.1 Å². The van der Waals surface area contributed by atoms with Gasteiger partial charge in [0.1, 0.15) is 0 Å². The van der Waals surface area contributed by atoms with E-state index in [0.29, 0.717) is 0 Å². The van der Waals surface area contributed by atoms with E-state index >= 15 is 0 Å². The molecule has 0 aromatic heterocycles. The lowest BCUT2D eigenvalue weighted by molar-refractivity contribution is 1.56. The summed E-state index contributed by atoms with van der Waals surface area (Å²) in [6.07, 6.45) is 1.98. The van der Waals surface area contributed by atoms with Crippen LogP contribution in [0.15, 0.2) is 32.1 Å². The lowest BCUT2D eigenvalue weighted by Gasteiger charge is -1.97. The summed E-state index contributed by atoms with van der Waals surface area (Å²) in [7, 11) is 0. The molecule has 0 aliphatic heterocycles. The summed E-state index contributed by atoms with van der Waals surface area (Å²) in [5.41, 5.74) is 1.15. The summed E-state index contributed by atoms with van der Waals surface area (Å²) >= 11 is 10.1. The van der Waals surface area contributed by atoms with Crippen molar-refractivity contribution in [1.29, 1.82) is 0 Å². The summed E-state index contributed by atoms with van der Waals surface area (Å²) in [5.74, 6) is 0. The quantitative estimate of drug-likeness (QED) is 0.702. The molecule has 1 rings (SSSR count). The van der Waals surface area contributed by atoms with Crippen LogP contribution in [0.5, 0.6) is 0 Å². The van der Waals surface area contributed by atoms with Gasteiger partial charge in [0.2, 0.25) is 0 Å². The van der Waals surface area contributed by atoms with Crippen molar-refractivity contribution >= 4 is 53.9 Å². The third-order valence-electron chi connectivity index (χ3n) is 1.20. The number of hydrogen-bond donors (Lipinski definition) is 0. The van der Waals surface area contributed by atoms with E-state index < -0.39 is 0 Å². The van der Waals surface area contributed by atoms with Crippen molar-refractivity contribution in [3.8, 4) is 0 Å². The highest BCUT2D eigenvalue weighted by Gasteiger charge is 1.95. The minimum absolute atomic E-state index is 1.08. The second-order valence-electron chi connectivity index (χ2n) is 1.96. The molecule has 0 unspecified atom stereocenters. The molecular formula is C8H5Br3. The van der Waals surface area contributed by atoms with Crippen molar-refractivity contribution < 1.29 is 0 Å². The maximum absolute atomic E-state index is 3.44. The van der Waals surface area contributed by atoms with Gasteiger partial charge in [-0.05, 0) is 34.8 Å². The molecule has 3 heteroatoms. The molecule has 1 aromatic rings. The summed E-state index contributed by atoms with van der Waals surface area (Å²) in [6, 6.07) is 6.05. The van der Waals surface area contributed by atoms with Crippen molar-refractivity contribution in [2.24, 2.45) is 0 Å². The van der Waals surface area contributed by atoms with Gasteiger partial charge in [0.05, 0.1) is 0 Å². The Morgan fingerprint density at radius 2 is 1.91 bits per heavy atom. The van der Waals surface area contributed by atoms with Crippen LogP contribution < -0.4 is 0 Å². The van der Waals surface area contributed by atoms with Crippen LogP contribution in [0.25, 0.3) is 6.08 Å². The Kier molecular flexibility index (Phi) is 3.82. The zero-order chi connectivity index (χ0) is 8.27. The first-order chi connectivity index (χ1) is 5.24. The summed E-state index contributed by atoms with van der Waals surface area (Å²) < 4.78 is 2.18. The van der Waals surface area contributed by atoms with Crippen LogP contribution in [0, 0.1) is 0 Å². The molecule has 58 valence electrons. The van der Waals surface area contributed by atoms with Crippen LogP contribution in [-0.2, 0) is 0 Å². The van der Waals surface area contributed by atoms with E-state index in [-0.39, 0.29) is 0 Å². The topological polar surface area (TPSA) is 0 Å². The molecule has 0 saturated carbocycles. The average molecular weight is 341 g/mol. The molecule has 0 heterocycles. The van der Waals surface area contributed by atoms with E-state index in [4.69, 9.17) is 0 Å². The van der Waals surface area contributed by atoms with Gasteiger partial charge in [0, 0.05) is 8.95 Å². The number of rotatable bonds is 1. The molecule has 1 aromatic carbocycles. The van der Waals surface area contributed by atoms with E-state index in [0.717, 1.165) is 14.5 Å². The molecular weight excluding hydrogens is 336 g/mol. The van der Waals surface area contributed by atoms with Gasteiger partial charge in [0.25, 0.3) is 0 Å². The lowest BCUT2D eigenvalue weighted by atomic mass is 10.2. The molecule has 0 amide bonds. The molecule has 0 nitrogen and oxygen atoms in total. The van der Waals surface area contributed by atoms with E-state index in [1.54, 1.807) is 0 Å². The number of hydrogen-bond acceptors (Lipinski definition) is 0. The molecule has 0 saturated heterocycles. The fourth-order valence-electron chi connectivity index (χ4n) is 0.710. The van der Waals surface area contributed by atoms with E-state index in [9.17, 15) is 0 Å². The molecule has 0 N–H and O–H groups in total. The van der Waals surface area contributed by atoms with E-state index in [1.807, 2.05) is 29.3 Å². The van der Waals surface area contributed by atoms with Crippen molar-refractivity contribution in [2.75, 3.05) is 0 Å². The predicted octanol–water partition coefficient (Wildman–Crippen LogP) is 4.58. The fraction of sp³-hybridized carbons (Fsp3) is 0. The highest BCUT2D eigenvalue weighted by atomic mass is 79.9. The largest absolute Gasteiger partial charge is 0.0595 e. The number of halogens is 3. The minimum atomic E-state index is 1.08. The van der Waals surface area contributed by atoms with Gasteiger partial charge in [-0.1, -0.05) is 47.8 Å². The van der Waals surface area contributed by atoms with E-state index in [1.165, 1.54) is 0 Å². The van der Waals surface area contributed by atoms with Crippen LogP contribution in [0.1, 0.15) is 5.56 Å². The van der Waals surface area contributed by atoms with Gasteiger partial charge in [0.15, 0.2) is 0 Å². The van der Waals surface area contributed by atoms with Gasteiger partial charge in [-0.15, -0.1) is 0 Å². The first kappa shape index (κ1) is 9.49. The van der Waals surface area contributed by atoms with Crippen molar-refractivity contribution in [3.63, 3.8) is 0 Å². The molecule has 11 heavy (non-hydrogen) atoms. The van der Waals surface area contributed by atoms with Gasteiger partial charge < -0.3 is 0 Å². The molecule has 0 spiro atoms. The third kappa shape index (κ3) is 2.73. The zero-order valence-corrected chi connectivity index (χ0v) is 10.3. The third-order valence-corrected chi connectivity index (χ3v) is 2.68. The SMILES string of the molecule is Br/C=C\c1cc(Br)ccc1Br. The molecule has 0 aliphatic rings. The maximum Gasteiger partial charge on any atom is 0.0248 e. The average Bonchev–Trinajstić information content (AvgIpc) is 1.98. The van der Waals surface area contributed by atoms with Crippen molar-refractivity contribution in [3.05, 3.63) is 37.7 Å². The fourth-order valence-corrected chi connectivity index (χ4v) is 1.75. The summed E-state index contributed by atoms with van der Waals surface area (Å²) in [5, 5.41) is 0. The molecule has 0 aliphatic carbocycles. The predicted molar refractivity (Wildman–Crippen MR) is 59.8 cm³/mol. The van der Waals surface area contributed by atoms with Crippen molar-refractivity contribution in [1.82, 2.24) is 0 Å². The summed E-state index contributed by atoms with van der Waals surface area (Å²) in [4.78, 5) is 1.83. The first-order valence-electron chi connectivity index (χ1n) is 2.96. The van der Waals surface area contributed by atoms with Crippen LogP contribution >= 0.6 is 47.8 Å². The Balaban J connectivity index is 3.12. The van der Waals surface area contributed by atoms with Crippen LogP contribution in [0.4, 0.5) is 0 Å².